The van der Waals surface area contributed by atoms with Crippen molar-refractivity contribution in [2.45, 2.75) is 18.0 Å². The fourth-order valence-corrected chi connectivity index (χ4v) is 5.00. The van der Waals surface area contributed by atoms with Crippen molar-refractivity contribution < 1.29 is 8.42 Å². The van der Waals surface area contributed by atoms with Crippen LogP contribution in [0.4, 0.5) is 5.82 Å². The molecule has 0 atom stereocenters. The van der Waals surface area contributed by atoms with E-state index in [2.05, 4.69) is 27.1 Å². The minimum atomic E-state index is -3.50. The van der Waals surface area contributed by atoms with Crippen LogP contribution in [0, 0.1) is 0 Å². The first-order valence-electron chi connectivity index (χ1n) is 10.3. The van der Waals surface area contributed by atoms with E-state index in [1.54, 1.807) is 12.1 Å². The summed E-state index contributed by atoms with van der Waals surface area (Å²) < 4.78 is 29.2. The summed E-state index contributed by atoms with van der Waals surface area (Å²) in [5.41, 5.74) is 2.26. The van der Waals surface area contributed by atoms with Crippen molar-refractivity contribution in [2.24, 2.45) is 0 Å². The molecule has 31 heavy (non-hydrogen) atoms. The first-order valence-corrected chi connectivity index (χ1v) is 11.8. The fourth-order valence-electron chi connectivity index (χ4n) is 3.63. The van der Waals surface area contributed by atoms with E-state index in [4.69, 9.17) is 0 Å². The first kappa shape index (κ1) is 21.5. The molecule has 8 nitrogen and oxygen atoms in total. The smallest absolute Gasteiger partial charge is 0.244 e. The topological polar surface area (TPSA) is 74.6 Å². The Morgan fingerprint density at radius 3 is 2.39 bits per heavy atom. The molecule has 0 saturated carbocycles. The van der Waals surface area contributed by atoms with Crippen LogP contribution in [0.3, 0.4) is 0 Å². The molecule has 0 N–H and O–H groups in total. The second-order valence-corrected chi connectivity index (χ2v) is 9.89. The predicted octanol–water partition coefficient (Wildman–Crippen LogP) is 1.90. The lowest BCUT2D eigenvalue weighted by molar-refractivity contribution is 0.222. The van der Waals surface area contributed by atoms with E-state index >= 15 is 0 Å². The maximum absolute atomic E-state index is 12.9. The quantitative estimate of drug-likeness (QED) is 0.559. The normalized spacial score (nSPS) is 15.8. The lowest BCUT2D eigenvalue weighted by atomic mass is 10.2. The summed E-state index contributed by atoms with van der Waals surface area (Å²) in [6.45, 7) is 3.85. The molecular formula is C22H28N6O2S. The van der Waals surface area contributed by atoms with Gasteiger partial charge in [0.25, 0.3) is 0 Å². The van der Waals surface area contributed by atoms with Crippen molar-refractivity contribution in [2.75, 3.05) is 45.2 Å². The molecule has 4 rings (SSSR count). The molecule has 0 radical (unpaired) electrons. The van der Waals surface area contributed by atoms with Gasteiger partial charge >= 0.3 is 0 Å². The number of anilines is 1. The van der Waals surface area contributed by atoms with Gasteiger partial charge in [-0.05, 0) is 24.7 Å². The van der Waals surface area contributed by atoms with Gasteiger partial charge in [0.05, 0.1) is 12.7 Å². The number of rotatable bonds is 7. The molecular weight excluding hydrogens is 412 g/mol. The summed E-state index contributed by atoms with van der Waals surface area (Å²) in [5, 5.41) is 4.44. The van der Waals surface area contributed by atoms with Crippen molar-refractivity contribution in [1.29, 1.82) is 0 Å². The zero-order valence-electron chi connectivity index (χ0n) is 17.9. The van der Waals surface area contributed by atoms with Crippen LogP contribution < -0.4 is 4.90 Å². The van der Waals surface area contributed by atoms with Crippen LogP contribution in [-0.4, -0.2) is 72.7 Å². The van der Waals surface area contributed by atoms with Gasteiger partial charge in [-0.3, -0.25) is 4.68 Å². The van der Waals surface area contributed by atoms with E-state index in [0.717, 1.165) is 25.2 Å². The predicted molar refractivity (Wildman–Crippen MR) is 120 cm³/mol. The third kappa shape index (κ3) is 5.12. The third-order valence-corrected chi connectivity index (χ3v) is 7.39. The minimum Gasteiger partial charge on any atom is -0.355 e. The van der Waals surface area contributed by atoms with Gasteiger partial charge in [-0.15, -0.1) is 0 Å². The Hall–Kier alpha value is -2.75. The highest BCUT2D eigenvalue weighted by Gasteiger charge is 2.27. The molecule has 164 valence electrons. The molecule has 2 aromatic heterocycles. The largest absolute Gasteiger partial charge is 0.355 e. The van der Waals surface area contributed by atoms with Gasteiger partial charge in [0.1, 0.15) is 10.7 Å². The summed E-state index contributed by atoms with van der Waals surface area (Å²) in [5.74, 6) is 0.716. The summed E-state index contributed by atoms with van der Waals surface area (Å²) in [7, 11) is 0.437. The molecule has 3 aromatic rings. The molecule has 1 aliphatic rings. The Balaban J connectivity index is 1.39. The number of nitrogens with zero attached hydrogens (tertiary/aromatic N) is 6. The van der Waals surface area contributed by atoms with Crippen LogP contribution in [0.15, 0.2) is 66.0 Å². The summed E-state index contributed by atoms with van der Waals surface area (Å²) in [6.07, 6.45) is 5.33. The first-order chi connectivity index (χ1) is 14.9. The van der Waals surface area contributed by atoms with Crippen molar-refractivity contribution in [3.05, 3.63) is 72.2 Å². The Kier molecular flexibility index (Phi) is 6.35. The number of piperazine rings is 1. The average Bonchev–Trinajstić information content (AvgIpc) is 3.21. The Bertz CT molecular complexity index is 1090. The zero-order valence-corrected chi connectivity index (χ0v) is 18.7. The van der Waals surface area contributed by atoms with E-state index < -0.39 is 10.0 Å². The van der Waals surface area contributed by atoms with Gasteiger partial charge in [0.2, 0.25) is 10.0 Å². The van der Waals surface area contributed by atoms with E-state index in [9.17, 15) is 8.42 Å². The van der Waals surface area contributed by atoms with E-state index in [1.807, 2.05) is 54.3 Å². The second-order valence-electron chi connectivity index (χ2n) is 7.95. The van der Waals surface area contributed by atoms with Gasteiger partial charge < -0.3 is 9.80 Å². The van der Waals surface area contributed by atoms with Gasteiger partial charge in [0.15, 0.2) is 0 Å². The number of aromatic nitrogens is 3. The molecule has 3 heterocycles. The summed E-state index contributed by atoms with van der Waals surface area (Å²) in [6, 6.07) is 13.6. The number of hydrogen-bond donors (Lipinski definition) is 0. The van der Waals surface area contributed by atoms with Crippen LogP contribution in [-0.2, 0) is 23.1 Å². The maximum Gasteiger partial charge on any atom is 0.244 e. The standard InChI is InChI=1S/C22H28N6O2S/c1-25-10-12-28(13-11-25)31(29,30)21-8-9-22(23-15-21)26(2)16-20-14-24-27(18-20)17-19-6-4-3-5-7-19/h3-9,14-15,18H,10-13,16-17H2,1-2H3. The van der Waals surface area contributed by atoms with Crippen molar-refractivity contribution in [3.63, 3.8) is 0 Å². The second kappa shape index (κ2) is 9.17. The Labute approximate surface area is 183 Å². The van der Waals surface area contributed by atoms with E-state index in [-0.39, 0.29) is 4.90 Å². The molecule has 1 aromatic carbocycles. The molecule has 1 aliphatic heterocycles. The van der Waals surface area contributed by atoms with Crippen LogP contribution in [0.2, 0.25) is 0 Å². The van der Waals surface area contributed by atoms with Crippen LogP contribution in [0.5, 0.6) is 0 Å². The minimum absolute atomic E-state index is 0.241. The number of sulfonamides is 1. The molecule has 0 bridgehead atoms. The molecule has 0 spiro atoms. The summed E-state index contributed by atoms with van der Waals surface area (Å²) >= 11 is 0. The molecule has 0 amide bonds. The van der Waals surface area contributed by atoms with E-state index in [1.165, 1.54) is 16.1 Å². The van der Waals surface area contributed by atoms with Crippen molar-refractivity contribution in [1.82, 2.24) is 24.0 Å². The molecule has 0 aliphatic carbocycles. The molecule has 1 fully saturated rings. The number of pyridine rings is 1. The SMILES string of the molecule is CN1CCN(S(=O)(=O)c2ccc(N(C)Cc3cnn(Cc4ccccc4)c3)nc2)CC1. The highest BCUT2D eigenvalue weighted by Crippen LogP contribution is 2.20. The highest BCUT2D eigenvalue weighted by molar-refractivity contribution is 7.89. The highest BCUT2D eigenvalue weighted by atomic mass is 32.2. The number of likely N-dealkylation sites (N-methyl/N-ethyl adjacent to an activating group) is 1. The van der Waals surface area contributed by atoms with E-state index in [0.29, 0.717) is 25.5 Å². The monoisotopic (exact) mass is 440 g/mol. The number of benzene rings is 1. The Morgan fingerprint density at radius 2 is 1.71 bits per heavy atom. The molecule has 0 unspecified atom stereocenters. The lowest BCUT2D eigenvalue weighted by Crippen LogP contribution is -2.47. The zero-order chi connectivity index (χ0) is 21.8. The van der Waals surface area contributed by atoms with Gasteiger partial charge in [-0.25, -0.2) is 13.4 Å². The van der Waals surface area contributed by atoms with Crippen molar-refractivity contribution >= 4 is 15.8 Å². The maximum atomic E-state index is 12.9. The average molecular weight is 441 g/mol. The van der Waals surface area contributed by atoms with Crippen LogP contribution in [0.1, 0.15) is 11.1 Å². The lowest BCUT2D eigenvalue weighted by Gasteiger charge is -2.31. The Morgan fingerprint density at radius 1 is 0.968 bits per heavy atom. The fraction of sp³-hybridized carbons (Fsp3) is 0.364. The summed E-state index contributed by atoms with van der Waals surface area (Å²) in [4.78, 5) is 8.76. The molecule has 9 heteroatoms. The third-order valence-electron chi connectivity index (χ3n) is 5.51. The number of hydrogen-bond acceptors (Lipinski definition) is 6. The van der Waals surface area contributed by atoms with Gasteiger partial charge in [-0.2, -0.15) is 9.40 Å². The van der Waals surface area contributed by atoms with Gasteiger partial charge in [0, 0.05) is 57.7 Å². The van der Waals surface area contributed by atoms with Crippen molar-refractivity contribution in [3.8, 4) is 0 Å². The van der Waals surface area contributed by atoms with Crippen LogP contribution in [0.25, 0.3) is 0 Å². The molecule has 1 saturated heterocycles. The van der Waals surface area contributed by atoms with Crippen LogP contribution >= 0.6 is 0 Å². The van der Waals surface area contributed by atoms with Gasteiger partial charge in [-0.1, -0.05) is 30.3 Å².